The Balaban J connectivity index is 1.79. The van der Waals surface area contributed by atoms with E-state index in [9.17, 15) is 9.59 Å². The fourth-order valence-corrected chi connectivity index (χ4v) is 2.49. The first-order valence-corrected chi connectivity index (χ1v) is 6.16. The molecule has 2 aliphatic rings. The van der Waals surface area contributed by atoms with Crippen LogP contribution in [0.1, 0.15) is 32.6 Å². The quantitative estimate of drug-likeness (QED) is 0.762. The van der Waals surface area contributed by atoms with Crippen molar-refractivity contribution in [2.75, 3.05) is 13.2 Å². The van der Waals surface area contributed by atoms with Crippen molar-refractivity contribution in [2.45, 2.75) is 38.2 Å². The van der Waals surface area contributed by atoms with Crippen LogP contribution in [0.3, 0.4) is 0 Å². The molecule has 0 aromatic rings. The Morgan fingerprint density at radius 3 is 2.59 bits per heavy atom. The summed E-state index contributed by atoms with van der Waals surface area (Å²) in [6, 6.07) is 0. The van der Waals surface area contributed by atoms with E-state index in [2.05, 4.69) is 5.32 Å². The molecule has 1 saturated carbocycles. The normalized spacial score (nSPS) is 36.3. The van der Waals surface area contributed by atoms with Gasteiger partial charge in [-0.3, -0.25) is 9.59 Å². The second-order valence-electron chi connectivity index (χ2n) is 5.25. The third kappa shape index (κ3) is 2.60. The van der Waals surface area contributed by atoms with Crippen LogP contribution in [0.25, 0.3) is 0 Å². The van der Waals surface area contributed by atoms with Crippen molar-refractivity contribution < 1.29 is 19.4 Å². The molecule has 0 radical (unpaired) electrons. The molecule has 3 atom stereocenters. The highest BCUT2D eigenvalue weighted by Crippen LogP contribution is 2.34. The van der Waals surface area contributed by atoms with E-state index in [-0.39, 0.29) is 17.4 Å². The molecule has 0 spiro atoms. The van der Waals surface area contributed by atoms with Gasteiger partial charge in [0.15, 0.2) is 0 Å². The number of hydrogen-bond donors (Lipinski definition) is 2. The zero-order valence-corrected chi connectivity index (χ0v) is 10.1. The highest BCUT2D eigenvalue weighted by Gasteiger charge is 2.42. The average Bonchev–Trinajstić information content (AvgIpc) is 2.60. The molecule has 1 aliphatic carbocycles. The topological polar surface area (TPSA) is 75.6 Å². The van der Waals surface area contributed by atoms with Gasteiger partial charge in [0.25, 0.3) is 0 Å². The predicted molar refractivity (Wildman–Crippen MR) is 60.5 cm³/mol. The molecule has 3 unspecified atom stereocenters. The van der Waals surface area contributed by atoms with Crippen LogP contribution in [0, 0.1) is 11.8 Å². The number of amides is 1. The molecular formula is C12H19NO4. The third-order valence-electron chi connectivity index (χ3n) is 3.87. The number of aliphatic carboxylic acids is 1. The van der Waals surface area contributed by atoms with Gasteiger partial charge in [-0.2, -0.15) is 0 Å². The number of carbonyl (C=O) groups is 2. The van der Waals surface area contributed by atoms with Gasteiger partial charge in [0.05, 0.1) is 17.4 Å². The van der Waals surface area contributed by atoms with Gasteiger partial charge in [-0.25, -0.2) is 0 Å². The molecule has 1 heterocycles. The van der Waals surface area contributed by atoms with Crippen molar-refractivity contribution in [2.24, 2.45) is 11.8 Å². The smallest absolute Gasteiger partial charge is 0.307 e. The van der Waals surface area contributed by atoms with E-state index in [1.807, 2.05) is 6.92 Å². The maximum absolute atomic E-state index is 11.8. The molecule has 5 nitrogen and oxygen atoms in total. The first kappa shape index (κ1) is 12.4. The van der Waals surface area contributed by atoms with Crippen molar-refractivity contribution in [3.63, 3.8) is 0 Å². The van der Waals surface area contributed by atoms with Crippen LogP contribution >= 0.6 is 0 Å². The zero-order valence-electron chi connectivity index (χ0n) is 10.1. The highest BCUT2D eigenvalue weighted by atomic mass is 16.5. The predicted octanol–water partition coefficient (Wildman–Crippen LogP) is 0.782. The molecule has 17 heavy (non-hydrogen) atoms. The lowest BCUT2D eigenvalue weighted by atomic mass is 9.73. The molecule has 1 aliphatic heterocycles. The Hall–Kier alpha value is -1.10. The minimum atomic E-state index is -0.861. The largest absolute Gasteiger partial charge is 0.481 e. The maximum Gasteiger partial charge on any atom is 0.307 e. The molecule has 1 saturated heterocycles. The van der Waals surface area contributed by atoms with E-state index in [1.54, 1.807) is 0 Å². The first-order valence-electron chi connectivity index (χ1n) is 6.16. The summed E-state index contributed by atoms with van der Waals surface area (Å²) in [4.78, 5) is 22.6. The second kappa shape index (κ2) is 4.64. The van der Waals surface area contributed by atoms with Crippen molar-refractivity contribution >= 4 is 11.9 Å². The summed E-state index contributed by atoms with van der Waals surface area (Å²) in [6.07, 6.45) is 3.26. The van der Waals surface area contributed by atoms with Gasteiger partial charge in [-0.1, -0.05) is 0 Å². The van der Waals surface area contributed by atoms with Crippen LogP contribution in [0.4, 0.5) is 0 Å². The van der Waals surface area contributed by atoms with Gasteiger partial charge in [0, 0.05) is 13.2 Å². The molecule has 0 aromatic carbocycles. The van der Waals surface area contributed by atoms with E-state index in [0.717, 1.165) is 19.4 Å². The number of carboxylic acids is 1. The number of carboxylic acid groups (broad SMARTS) is 1. The Kier molecular flexibility index (Phi) is 3.38. The van der Waals surface area contributed by atoms with Crippen LogP contribution in [0.2, 0.25) is 0 Å². The van der Waals surface area contributed by atoms with Crippen LogP contribution in [-0.2, 0) is 14.3 Å². The van der Waals surface area contributed by atoms with Crippen molar-refractivity contribution in [3.8, 4) is 0 Å². The molecule has 5 heteroatoms. The number of carbonyl (C=O) groups excluding carboxylic acids is 1. The Bertz CT molecular complexity index is 322. The number of rotatable bonds is 4. The van der Waals surface area contributed by atoms with Crippen molar-refractivity contribution in [1.82, 2.24) is 5.32 Å². The molecule has 1 amide bonds. The first-order chi connectivity index (χ1) is 8.02. The van der Waals surface area contributed by atoms with Gasteiger partial charge in [-0.15, -0.1) is 0 Å². The summed E-state index contributed by atoms with van der Waals surface area (Å²) >= 11 is 0. The van der Waals surface area contributed by atoms with Crippen LogP contribution in [-0.4, -0.2) is 35.7 Å². The van der Waals surface area contributed by atoms with Gasteiger partial charge in [0.2, 0.25) is 5.91 Å². The van der Waals surface area contributed by atoms with Crippen LogP contribution < -0.4 is 5.32 Å². The Morgan fingerprint density at radius 1 is 1.41 bits per heavy atom. The minimum Gasteiger partial charge on any atom is -0.481 e. The summed E-state index contributed by atoms with van der Waals surface area (Å²) in [5.41, 5.74) is -0.266. The van der Waals surface area contributed by atoms with E-state index in [0.29, 0.717) is 19.4 Å². The van der Waals surface area contributed by atoms with E-state index < -0.39 is 11.9 Å². The lowest BCUT2D eigenvalue weighted by Crippen LogP contribution is -2.48. The lowest BCUT2D eigenvalue weighted by Gasteiger charge is -2.33. The van der Waals surface area contributed by atoms with Gasteiger partial charge in [0.1, 0.15) is 0 Å². The van der Waals surface area contributed by atoms with E-state index in [4.69, 9.17) is 9.84 Å². The number of hydrogen-bond acceptors (Lipinski definition) is 3. The number of nitrogens with one attached hydrogen (secondary N) is 1. The molecular weight excluding hydrogens is 222 g/mol. The molecule has 0 bridgehead atoms. The van der Waals surface area contributed by atoms with E-state index in [1.165, 1.54) is 0 Å². The van der Waals surface area contributed by atoms with Gasteiger partial charge >= 0.3 is 5.97 Å². The Labute approximate surface area is 101 Å². The zero-order chi connectivity index (χ0) is 12.5. The maximum atomic E-state index is 11.8. The SMILES string of the molecule is CC1(CNC(=O)C2CCC2C(=O)O)CCCO1. The molecule has 2 rings (SSSR count). The fraction of sp³-hybridized carbons (Fsp3) is 0.833. The van der Waals surface area contributed by atoms with Crippen LogP contribution in [0.15, 0.2) is 0 Å². The second-order valence-corrected chi connectivity index (χ2v) is 5.25. The van der Waals surface area contributed by atoms with E-state index >= 15 is 0 Å². The average molecular weight is 241 g/mol. The summed E-state index contributed by atoms with van der Waals surface area (Å²) < 4.78 is 5.57. The van der Waals surface area contributed by atoms with Crippen molar-refractivity contribution in [1.29, 1.82) is 0 Å². The third-order valence-corrected chi connectivity index (χ3v) is 3.87. The van der Waals surface area contributed by atoms with Gasteiger partial charge in [-0.05, 0) is 32.6 Å². The minimum absolute atomic E-state index is 0.139. The summed E-state index contributed by atoms with van der Waals surface area (Å²) in [5.74, 6) is -1.84. The molecule has 96 valence electrons. The van der Waals surface area contributed by atoms with Gasteiger partial charge < -0.3 is 15.2 Å². The van der Waals surface area contributed by atoms with Crippen molar-refractivity contribution in [3.05, 3.63) is 0 Å². The van der Waals surface area contributed by atoms with Crippen LogP contribution in [0.5, 0.6) is 0 Å². The lowest BCUT2D eigenvalue weighted by molar-refractivity contribution is -0.153. The monoisotopic (exact) mass is 241 g/mol. The number of ether oxygens (including phenoxy) is 1. The highest BCUT2D eigenvalue weighted by molar-refractivity contribution is 5.86. The molecule has 2 fully saturated rings. The summed E-state index contributed by atoms with van der Waals surface area (Å²) in [7, 11) is 0. The molecule has 0 aromatic heterocycles. The Morgan fingerprint density at radius 2 is 2.12 bits per heavy atom. The summed E-state index contributed by atoms with van der Waals surface area (Å²) in [6.45, 7) is 3.21. The fourth-order valence-electron chi connectivity index (χ4n) is 2.49. The standard InChI is InChI=1S/C12H19NO4/c1-12(5-2-6-17-12)7-13-10(14)8-3-4-9(8)11(15)16/h8-9H,2-7H2,1H3,(H,13,14)(H,15,16). The molecule has 2 N–H and O–H groups in total. The summed E-state index contributed by atoms with van der Waals surface area (Å²) in [5, 5.41) is 11.7.